The fourth-order valence-corrected chi connectivity index (χ4v) is 1.55. The Kier molecular flexibility index (Phi) is 3.89. The first-order valence-electron chi connectivity index (χ1n) is 4.99. The third-order valence-corrected chi connectivity index (χ3v) is 2.32. The van der Waals surface area contributed by atoms with Crippen molar-refractivity contribution in [3.05, 3.63) is 30.1 Å². The molecule has 0 aliphatic carbocycles. The van der Waals surface area contributed by atoms with Gasteiger partial charge < -0.3 is 5.32 Å². The normalized spacial score (nSPS) is 12.8. The number of aryl methyl sites for hydroxylation is 2. The molecule has 0 saturated carbocycles. The molecule has 3 heteroatoms. The Morgan fingerprint density at radius 2 is 2.43 bits per heavy atom. The number of nitrogens with one attached hydrogen (secondary N) is 1. The van der Waals surface area contributed by atoms with Crippen LogP contribution in [-0.4, -0.2) is 16.3 Å². The molecule has 0 radical (unpaired) electrons. The number of hydrogen-bond acceptors (Lipinski definition) is 2. The van der Waals surface area contributed by atoms with Gasteiger partial charge in [0.2, 0.25) is 0 Å². The second kappa shape index (κ2) is 4.96. The van der Waals surface area contributed by atoms with Crippen molar-refractivity contribution >= 4 is 0 Å². The fraction of sp³-hybridized carbons (Fsp3) is 0.545. The Bertz CT molecular complexity index is 301. The number of hydrogen-bond donors (Lipinski definition) is 1. The molecule has 0 spiro atoms. The maximum absolute atomic E-state index is 4.32. The van der Waals surface area contributed by atoms with Crippen LogP contribution < -0.4 is 5.32 Å². The highest BCUT2D eigenvalue weighted by molar-refractivity contribution is 5.19. The molecule has 0 aliphatic heterocycles. The molecule has 1 aromatic heterocycles. The van der Waals surface area contributed by atoms with E-state index < -0.39 is 0 Å². The van der Waals surface area contributed by atoms with E-state index in [9.17, 15) is 0 Å². The number of aromatic nitrogens is 2. The quantitative estimate of drug-likeness (QED) is 0.572. The van der Waals surface area contributed by atoms with E-state index in [1.54, 1.807) is 0 Å². The molecule has 1 heterocycles. The highest BCUT2D eigenvalue weighted by Gasteiger charge is 2.09. The molecule has 0 amide bonds. The number of nitrogens with zero attached hydrogens (tertiary/aromatic N) is 2. The minimum absolute atomic E-state index is 0.364. The molecule has 3 nitrogen and oxygen atoms in total. The van der Waals surface area contributed by atoms with Gasteiger partial charge in [-0.05, 0) is 26.8 Å². The van der Waals surface area contributed by atoms with E-state index in [0.717, 1.165) is 18.7 Å². The van der Waals surface area contributed by atoms with Crippen LogP contribution in [0.4, 0.5) is 0 Å². The summed E-state index contributed by atoms with van der Waals surface area (Å²) in [5, 5.41) is 7.75. The first-order chi connectivity index (χ1) is 6.65. The summed E-state index contributed by atoms with van der Waals surface area (Å²) >= 11 is 0. The molecular formula is C11H19N3. The summed E-state index contributed by atoms with van der Waals surface area (Å²) in [5.74, 6) is 0. The predicted molar refractivity (Wildman–Crippen MR) is 59.2 cm³/mol. The van der Waals surface area contributed by atoms with Gasteiger partial charge in [-0.25, -0.2) is 0 Å². The summed E-state index contributed by atoms with van der Waals surface area (Å²) in [4.78, 5) is 0. The molecule has 1 N–H and O–H groups in total. The van der Waals surface area contributed by atoms with Crippen molar-refractivity contribution in [2.75, 3.05) is 6.54 Å². The molecule has 1 unspecified atom stereocenters. The third kappa shape index (κ3) is 2.70. The highest BCUT2D eigenvalue weighted by Crippen LogP contribution is 2.14. The van der Waals surface area contributed by atoms with Gasteiger partial charge in [0.15, 0.2) is 0 Å². The fourth-order valence-electron chi connectivity index (χ4n) is 1.55. The summed E-state index contributed by atoms with van der Waals surface area (Å²) in [6.07, 6.45) is 5.00. The molecule has 78 valence electrons. The molecule has 1 rings (SSSR count). The Morgan fingerprint density at radius 3 is 2.93 bits per heavy atom. The lowest BCUT2D eigenvalue weighted by Gasteiger charge is -2.11. The van der Waals surface area contributed by atoms with Crippen molar-refractivity contribution in [1.82, 2.24) is 15.1 Å². The van der Waals surface area contributed by atoms with Gasteiger partial charge in [0.05, 0.1) is 5.69 Å². The zero-order valence-electron chi connectivity index (χ0n) is 9.25. The zero-order chi connectivity index (χ0) is 10.6. The van der Waals surface area contributed by atoms with Crippen LogP contribution in [0.3, 0.4) is 0 Å². The maximum Gasteiger partial charge on any atom is 0.0641 e. The smallest absolute Gasteiger partial charge is 0.0641 e. The van der Waals surface area contributed by atoms with Crippen molar-refractivity contribution in [3.8, 4) is 0 Å². The van der Waals surface area contributed by atoms with Crippen molar-refractivity contribution in [1.29, 1.82) is 0 Å². The second-order valence-electron chi connectivity index (χ2n) is 3.60. The topological polar surface area (TPSA) is 29.9 Å². The Morgan fingerprint density at radius 1 is 1.71 bits per heavy atom. The van der Waals surface area contributed by atoms with Crippen molar-refractivity contribution < 1.29 is 0 Å². The van der Waals surface area contributed by atoms with Crippen LogP contribution in [0, 0.1) is 6.92 Å². The SMILES string of the molecule is C=CCCNC(C)c1cn(C)nc1C. The predicted octanol–water partition coefficient (Wildman–Crippen LogP) is 1.96. The summed E-state index contributed by atoms with van der Waals surface area (Å²) in [6, 6.07) is 0.364. The lowest BCUT2D eigenvalue weighted by Crippen LogP contribution is -2.19. The van der Waals surface area contributed by atoms with E-state index in [4.69, 9.17) is 0 Å². The summed E-state index contributed by atoms with van der Waals surface area (Å²) in [7, 11) is 1.95. The maximum atomic E-state index is 4.32. The van der Waals surface area contributed by atoms with Crippen molar-refractivity contribution in [2.45, 2.75) is 26.3 Å². The lowest BCUT2D eigenvalue weighted by atomic mass is 10.1. The van der Waals surface area contributed by atoms with Gasteiger partial charge in [-0.15, -0.1) is 6.58 Å². The Balaban J connectivity index is 2.55. The van der Waals surface area contributed by atoms with Gasteiger partial charge in [0.1, 0.15) is 0 Å². The zero-order valence-corrected chi connectivity index (χ0v) is 9.25. The van der Waals surface area contributed by atoms with Gasteiger partial charge in [-0.3, -0.25) is 4.68 Å². The van der Waals surface area contributed by atoms with Crippen LogP contribution >= 0.6 is 0 Å². The summed E-state index contributed by atoms with van der Waals surface area (Å²) in [5.41, 5.74) is 2.38. The van der Waals surface area contributed by atoms with E-state index in [-0.39, 0.29) is 0 Å². The number of rotatable bonds is 5. The monoisotopic (exact) mass is 193 g/mol. The van der Waals surface area contributed by atoms with Gasteiger partial charge in [-0.2, -0.15) is 5.10 Å². The van der Waals surface area contributed by atoms with Crippen LogP contribution in [0.2, 0.25) is 0 Å². The molecule has 1 aromatic rings. The standard InChI is InChI=1S/C11H19N3/c1-5-6-7-12-9(2)11-8-14(4)13-10(11)3/h5,8-9,12H,1,6-7H2,2-4H3. The lowest BCUT2D eigenvalue weighted by molar-refractivity contribution is 0.578. The Hall–Kier alpha value is -1.09. The van der Waals surface area contributed by atoms with Crippen LogP contribution in [0.1, 0.15) is 30.6 Å². The van der Waals surface area contributed by atoms with Crippen LogP contribution in [-0.2, 0) is 7.05 Å². The average molecular weight is 193 g/mol. The summed E-state index contributed by atoms with van der Waals surface area (Å²) < 4.78 is 1.86. The molecule has 14 heavy (non-hydrogen) atoms. The van der Waals surface area contributed by atoms with Crippen LogP contribution in [0.5, 0.6) is 0 Å². The first kappa shape index (κ1) is 11.0. The van der Waals surface area contributed by atoms with Crippen LogP contribution in [0.15, 0.2) is 18.9 Å². The van der Waals surface area contributed by atoms with Gasteiger partial charge in [0.25, 0.3) is 0 Å². The van der Waals surface area contributed by atoms with E-state index in [0.29, 0.717) is 6.04 Å². The Labute approximate surface area is 85.8 Å². The molecular weight excluding hydrogens is 174 g/mol. The van der Waals surface area contributed by atoms with Gasteiger partial charge >= 0.3 is 0 Å². The average Bonchev–Trinajstić information content (AvgIpc) is 2.45. The summed E-state index contributed by atoms with van der Waals surface area (Å²) in [6.45, 7) is 8.87. The van der Waals surface area contributed by atoms with Crippen LogP contribution in [0.25, 0.3) is 0 Å². The first-order valence-corrected chi connectivity index (χ1v) is 4.99. The largest absolute Gasteiger partial charge is 0.310 e. The molecule has 0 aromatic carbocycles. The van der Waals surface area contributed by atoms with Gasteiger partial charge in [-0.1, -0.05) is 6.08 Å². The molecule has 0 saturated heterocycles. The minimum Gasteiger partial charge on any atom is -0.310 e. The highest BCUT2D eigenvalue weighted by atomic mass is 15.3. The van der Waals surface area contributed by atoms with E-state index in [2.05, 4.69) is 30.1 Å². The molecule has 0 aliphatic rings. The second-order valence-corrected chi connectivity index (χ2v) is 3.60. The molecule has 1 atom stereocenters. The van der Waals surface area contributed by atoms with E-state index in [1.165, 1.54) is 5.56 Å². The molecule has 0 bridgehead atoms. The van der Waals surface area contributed by atoms with Crippen molar-refractivity contribution in [3.63, 3.8) is 0 Å². The third-order valence-electron chi connectivity index (χ3n) is 2.32. The van der Waals surface area contributed by atoms with E-state index >= 15 is 0 Å². The van der Waals surface area contributed by atoms with Gasteiger partial charge in [0, 0.05) is 24.8 Å². The van der Waals surface area contributed by atoms with E-state index in [1.807, 2.05) is 24.7 Å². The van der Waals surface area contributed by atoms with Crippen molar-refractivity contribution in [2.24, 2.45) is 7.05 Å². The molecule has 0 fully saturated rings. The minimum atomic E-state index is 0.364.